The molecule has 1 aromatic heterocycles. The number of aromatic nitrogens is 3. The monoisotopic (exact) mass is 428 g/mol. The van der Waals surface area contributed by atoms with Crippen LogP contribution in [0.2, 0.25) is 0 Å². The van der Waals surface area contributed by atoms with Crippen molar-refractivity contribution in [3.63, 3.8) is 0 Å². The third kappa shape index (κ3) is 4.94. The van der Waals surface area contributed by atoms with Crippen LogP contribution < -0.4 is 4.74 Å². The topological polar surface area (TPSA) is 87.3 Å². The number of ether oxygens (including phenoxy) is 1. The lowest BCUT2D eigenvalue weighted by Gasteiger charge is -2.38. The normalized spacial score (nSPS) is 15.8. The van der Waals surface area contributed by atoms with Crippen LogP contribution in [0.1, 0.15) is 19.7 Å². The molecule has 1 fully saturated rings. The second-order valence-electron chi connectivity index (χ2n) is 7.59. The Balaban J connectivity index is 1.59. The minimum atomic E-state index is -0.0948. The van der Waals surface area contributed by atoms with Crippen LogP contribution in [0.15, 0.2) is 29.4 Å². The summed E-state index contributed by atoms with van der Waals surface area (Å²) in [5.41, 5.74) is 0.929. The lowest BCUT2D eigenvalue weighted by Crippen LogP contribution is -2.53. The molecule has 2 heterocycles. The van der Waals surface area contributed by atoms with Crippen molar-refractivity contribution in [3.05, 3.63) is 30.1 Å². The fourth-order valence-corrected chi connectivity index (χ4v) is 4.48. The summed E-state index contributed by atoms with van der Waals surface area (Å²) in [7, 11) is 1.63. The first-order valence-corrected chi connectivity index (χ1v) is 11.0. The van der Waals surface area contributed by atoms with Gasteiger partial charge in [-0.25, -0.2) is 0 Å². The van der Waals surface area contributed by atoms with Gasteiger partial charge < -0.3 is 9.64 Å². The van der Waals surface area contributed by atoms with Crippen LogP contribution in [0.4, 0.5) is 0 Å². The number of aryl methyl sites for hydroxylation is 1. The number of rotatable bonds is 7. The number of carbonyl (C=O) groups excluding carboxylic acids is 1. The summed E-state index contributed by atoms with van der Waals surface area (Å²) in [6, 6.07) is 9.96. The molecule has 0 spiro atoms. The van der Waals surface area contributed by atoms with Crippen molar-refractivity contribution in [2.24, 2.45) is 5.92 Å². The standard InChI is InChI=1S/C21H28N6O2S/c1-15(2)19(13-22)25-9-11-26(12-10-25)20(28)14-30-21-24-23-16(3)27(21)17-5-7-18(29-4)8-6-17/h5-8,15,19H,9-12,14H2,1-4H3. The summed E-state index contributed by atoms with van der Waals surface area (Å²) in [5.74, 6) is 2.21. The quantitative estimate of drug-likeness (QED) is 0.626. The van der Waals surface area contributed by atoms with Crippen molar-refractivity contribution in [2.45, 2.75) is 32.0 Å². The molecule has 160 valence electrons. The molecule has 30 heavy (non-hydrogen) atoms. The fraction of sp³-hybridized carbons (Fsp3) is 0.524. The first-order valence-electron chi connectivity index (χ1n) is 10.0. The van der Waals surface area contributed by atoms with E-state index in [4.69, 9.17) is 4.74 Å². The number of benzene rings is 1. The van der Waals surface area contributed by atoms with Gasteiger partial charge in [-0.3, -0.25) is 14.3 Å². The Morgan fingerprint density at radius 3 is 2.43 bits per heavy atom. The Bertz CT molecular complexity index is 897. The maximum absolute atomic E-state index is 12.7. The molecule has 3 rings (SSSR count). The van der Waals surface area contributed by atoms with Crippen LogP contribution in [0.25, 0.3) is 5.69 Å². The van der Waals surface area contributed by atoms with Gasteiger partial charge >= 0.3 is 0 Å². The van der Waals surface area contributed by atoms with E-state index in [-0.39, 0.29) is 17.9 Å². The van der Waals surface area contributed by atoms with Crippen molar-refractivity contribution < 1.29 is 9.53 Å². The number of nitriles is 1. The average molecular weight is 429 g/mol. The molecule has 1 atom stereocenters. The SMILES string of the molecule is COc1ccc(-n2c(C)nnc2SCC(=O)N2CCN(C(C#N)C(C)C)CC2)cc1. The summed E-state index contributed by atoms with van der Waals surface area (Å²) in [6.45, 7) is 8.76. The second-order valence-corrected chi connectivity index (χ2v) is 8.53. The Morgan fingerprint density at radius 1 is 1.20 bits per heavy atom. The summed E-state index contributed by atoms with van der Waals surface area (Å²) < 4.78 is 7.16. The highest BCUT2D eigenvalue weighted by Crippen LogP contribution is 2.24. The number of hydrogen-bond acceptors (Lipinski definition) is 7. The molecule has 1 saturated heterocycles. The molecule has 1 aromatic carbocycles. The number of carbonyl (C=O) groups is 1. The van der Waals surface area contributed by atoms with Crippen LogP contribution in [0.5, 0.6) is 5.75 Å². The zero-order chi connectivity index (χ0) is 21.7. The molecule has 1 unspecified atom stereocenters. The van der Waals surface area contributed by atoms with E-state index in [9.17, 15) is 10.1 Å². The van der Waals surface area contributed by atoms with E-state index >= 15 is 0 Å². The zero-order valence-electron chi connectivity index (χ0n) is 17.9. The molecule has 1 amide bonds. The molecular weight excluding hydrogens is 400 g/mol. The molecule has 9 heteroatoms. The number of methoxy groups -OCH3 is 1. The maximum atomic E-state index is 12.7. The van der Waals surface area contributed by atoms with Crippen LogP contribution in [-0.2, 0) is 4.79 Å². The Hall–Kier alpha value is -2.57. The Kier molecular flexibility index (Phi) is 7.34. The van der Waals surface area contributed by atoms with Crippen molar-refractivity contribution in [2.75, 3.05) is 39.0 Å². The van der Waals surface area contributed by atoms with E-state index in [0.717, 1.165) is 30.4 Å². The predicted molar refractivity (Wildman–Crippen MR) is 116 cm³/mol. The minimum absolute atomic E-state index is 0.0830. The largest absolute Gasteiger partial charge is 0.497 e. The van der Waals surface area contributed by atoms with Gasteiger partial charge in [-0.2, -0.15) is 5.26 Å². The fourth-order valence-electron chi connectivity index (χ4n) is 3.58. The number of nitrogens with zero attached hydrogens (tertiary/aromatic N) is 6. The Morgan fingerprint density at radius 2 is 1.87 bits per heavy atom. The van der Waals surface area contributed by atoms with Crippen molar-refractivity contribution >= 4 is 17.7 Å². The van der Waals surface area contributed by atoms with Crippen molar-refractivity contribution in [1.29, 1.82) is 5.26 Å². The first-order chi connectivity index (χ1) is 14.4. The van der Waals surface area contributed by atoms with Gasteiger partial charge in [0.25, 0.3) is 0 Å². The number of amides is 1. The highest BCUT2D eigenvalue weighted by atomic mass is 32.2. The molecule has 0 bridgehead atoms. The summed E-state index contributed by atoms with van der Waals surface area (Å²) in [5, 5.41) is 18.5. The Labute approximate surface area is 181 Å². The van der Waals surface area contributed by atoms with Gasteiger partial charge in [0.15, 0.2) is 5.16 Å². The molecule has 0 radical (unpaired) electrons. The minimum Gasteiger partial charge on any atom is -0.497 e. The molecule has 0 aliphatic carbocycles. The van der Waals surface area contributed by atoms with Gasteiger partial charge in [0.2, 0.25) is 5.91 Å². The molecular formula is C21H28N6O2S. The highest BCUT2D eigenvalue weighted by Gasteiger charge is 2.28. The van der Waals surface area contributed by atoms with E-state index in [0.29, 0.717) is 24.0 Å². The van der Waals surface area contributed by atoms with Crippen LogP contribution in [0.3, 0.4) is 0 Å². The van der Waals surface area contributed by atoms with Gasteiger partial charge in [0.1, 0.15) is 17.6 Å². The third-order valence-electron chi connectivity index (χ3n) is 5.27. The highest BCUT2D eigenvalue weighted by molar-refractivity contribution is 7.99. The lowest BCUT2D eigenvalue weighted by atomic mass is 10.0. The summed E-state index contributed by atoms with van der Waals surface area (Å²) in [6.07, 6.45) is 0. The molecule has 8 nitrogen and oxygen atoms in total. The van der Waals surface area contributed by atoms with E-state index in [1.54, 1.807) is 7.11 Å². The number of hydrogen-bond donors (Lipinski definition) is 0. The molecule has 0 saturated carbocycles. The smallest absolute Gasteiger partial charge is 0.233 e. The van der Waals surface area contributed by atoms with Crippen molar-refractivity contribution in [1.82, 2.24) is 24.6 Å². The van der Waals surface area contributed by atoms with E-state index in [2.05, 4.69) is 35.0 Å². The third-order valence-corrected chi connectivity index (χ3v) is 6.19. The van der Waals surface area contributed by atoms with Gasteiger partial charge in [0, 0.05) is 31.9 Å². The van der Waals surface area contributed by atoms with E-state index < -0.39 is 0 Å². The molecule has 1 aliphatic heterocycles. The second kappa shape index (κ2) is 9.96. The molecule has 1 aliphatic rings. The summed E-state index contributed by atoms with van der Waals surface area (Å²) >= 11 is 1.39. The summed E-state index contributed by atoms with van der Waals surface area (Å²) in [4.78, 5) is 16.8. The van der Waals surface area contributed by atoms with Gasteiger partial charge in [-0.15, -0.1) is 10.2 Å². The molecule has 2 aromatic rings. The van der Waals surface area contributed by atoms with Gasteiger partial charge in [-0.05, 0) is 37.1 Å². The van der Waals surface area contributed by atoms with Gasteiger partial charge in [0.05, 0.1) is 18.9 Å². The van der Waals surface area contributed by atoms with Crippen LogP contribution in [-0.4, -0.2) is 75.6 Å². The van der Waals surface area contributed by atoms with E-state index in [1.165, 1.54) is 11.8 Å². The van der Waals surface area contributed by atoms with E-state index in [1.807, 2.05) is 40.7 Å². The van der Waals surface area contributed by atoms with Gasteiger partial charge in [-0.1, -0.05) is 25.6 Å². The zero-order valence-corrected chi connectivity index (χ0v) is 18.7. The maximum Gasteiger partial charge on any atom is 0.233 e. The lowest BCUT2D eigenvalue weighted by molar-refractivity contribution is -0.130. The van der Waals surface area contributed by atoms with Crippen LogP contribution >= 0.6 is 11.8 Å². The average Bonchev–Trinajstić information content (AvgIpc) is 3.13. The number of piperazine rings is 1. The predicted octanol–water partition coefficient (Wildman–Crippen LogP) is 2.37. The molecule has 0 N–H and O–H groups in total. The first kappa shape index (κ1) is 22.1. The van der Waals surface area contributed by atoms with Crippen molar-refractivity contribution in [3.8, 4) is 17.5 Å². The van der Waals surface area contributed by atoms with Crippen LogP contribution in [0, 0.1) is 24.2 Å². The number of thioether (sulfide) groups is 1.